The normalized spacial score (nSPS) is 23.2. The van der Waals surface area contributed by atoms with E-state index in [1.54, 1.807) is 0 Å². The van der Waals surface area contributed by atoms with Gasteiger partial charge in [0, 0.05) is 0 Å². The van der Waals surface area contributed by atoms with E-state index in [0.717, 1.165) is 0 Å². The summed E-state index contributed by atoms with van der Waals surface area (Å²) in [6.07, 6.45) is -11.7. The van der Waals surface area contributed by atoms with E-state index in [4.69, 9.17) is 14.9 Å². The monoisotopic (exact) mass is 456 g/mol. The zero-order chi connectivity index (χ0) is 23.0. The molecule has 3 heterocycles. The number of nitrogens with zero attached hydrogens (tertiary/aromatic N) is 3. The predicted molar refractivity (Wildman–Crippen MR) is 91.5 cm³/mol. The van der Waals surface area contributed by atoms with Crippen LogP contribution < -0.4 is 10.5 Å². The highest BCUT2D eigenvalue weighted by atomic mass is 19.4. The van der Waals surface area contributed by atoms with Gasteiger partial charge in [-0.15, -0.1) is 10.2 Å². The Balaban J connectivity index is 2.18. The van der Waals surface area contributed by atoms with Crippen molar-refractivity contribution in [3.05, 3.63) is 17.5 Å². The third kappa shape index (κ3) is 4.54. The number of hydrogen-bond acceptors (Lipinski definition) is 8. The van der Waals surface area contributed by atoms with Crippen LogP contribution in [-0.2, 0) is 11.8 Å². The van der Waals surface area contributed by atoms with Crippen LogP contribution in [0.2, 0.25) is 0 Å². The lowest BCUT2D eigenvalue weighted by atomic mass is 9.94. The van der Waals surface area contributed by atoms with Gasteiger partial charge in [-0.1, -0.05) is 6.42 Å². The van der Waals surface area contributed by atoms with Gasteiger partial charge in [0.2, 0.25) is 11.5 Å². The maximum atomic E-state index is 13.6. The molecule has 172 valence electrons. The topological polar surface area (TPSA) is 128 Å². The van der Waals surface area contributed by atoms with E-state index >= 15 is 0 Å². The molecule has 2 aromatic heterocycles. The van der Waals surface area contributed by atoms with E-state index in [1.807, 2.05) is 0 Å². The minimum Gasteiger partial charge on any atom is -0.471 e. The molecule has 0 radical (unpaired) electrons. The van der Waals surface area contributed by atoms with Crippen molar-refractivity contribution in [3.63, 3.8) is 0 Å². The lowest BCUT2D eigenvalue weighted by molar-refractivity contribution is -0.277. The molecule has 1 aliphatic rings. The molecule has 3 rings (SSSR count). The fraction of sp³-hybridized carbons (Fsp3) is 0.588. The zero-order valence-electron chi connectivity index (χ0n) is 15.8. The van der Waals surface area contributed by atoms with Gasteiger partial charge in [-0.2, -0.15) is 26.3 Å². The van der Waals surface area contributed by atoms with Crippen LogP contribution in [0.25, 0.3) is 11.6 Å². The lowest BCUT2D eigenvalue weighted by Crippen LogP contribution is -2.42. The molecule has 31 heavy (non-hydrogen) atoms. The fourth-order valence-electron chi connectivity index (χ4n) is 3.11. The van der Waals surface area contributed by atoms with Crippen LogP contribution in [0, 0.1) is 0 Å². The molecule has 2 aromatic rings. The minimum absolute atomic E-state index is 0.0397. The van der Waals surface area contributed by atoms with Crippen LogP contribution >= 0.6 is 0 Å². The van der Waals surface area contributed by atoms with E-state index in [9.17, 15) is 36.6 Å². The molecule has 0 saturated carbocycles. The Morgan fingerprint density at radius 1 is 1.13 bits per heavy atom. The van der Waals surface area contributed by atoms with Crippen molar-refractivity contribution in [3.8, 4) is 17.5 Å². The van der Waals surface area contributed by atoms with Gasteiger partial charge in [0.15, 0.2) is 5.69 Å². The van der Waals surface area contributed by atoms with Crippen LogP contribution in [0.3, 0.4) is 0 Å². The molecule has 0 fully saturated rings. The Morgan fingerprint density at radius 2 is 1.84 bits per heavy atom. The molecule has 4 bridgehead atoms. The number of nitrogens with two attached hydrogens (primary N) is 1. The summed E-state index contributed by atoms with van der Waals surface area (Å²) in [6.45, 7) is -0.657. The summed E-state index contributed by atoms with van der Waals surface area (Å²) in [6, 6.07) is 0.470. The van der Waals surface area contributed by atoms with E-state index < -0.39 is 71.7 Å². The molecule has 0 spiro atoms. The van der Waals surface area contributed by atoms with Crippen molar-refractivity contribution in [2.45, 2.75) is 56.2 Å². The first-order valence-electron chi connectivity index (χ1n) is 9.15. The van der Waals surface area contributed by atoms with Crippen molar-refractivity contribution in [1.82, 2.24) is 15.2 Å². The summed E-state index contributed by atoms with van der Waals surface area (Å²) in [5.74, 6) is -2.85. The third-order valence-corrected chi connectivity index (χ3v) is 4.82. The van der Waals surface area contributed by atoms with Gasteiger partial charge in [-0.05, 0) is 31.7 Å². The van der Waals surface area contributed by atoms with E-state index in [2.05, 4.69) is 15.2 Å². The SMILES string of the molecule is Nc1cc(C(F)(F)F)c2nc1-c1nnc(o1)[C@@](O)(C(F)(F)F)CCCCC[C@H](CO)O2. The van der Waals surface area contributed by atoms with Crippen molar-refractivity contribution in [1.29, 1.82) is 0 Å². The van der Waals surface area contributed by atoms with Crippen LogP contribution in [0.1, 0.15) is 43.6 Å². The minimum atomic E-state index is -5.16. The summed E-state index contributed by atoms with van der Waals surface area (Å²) in [4.78, 5) is 3.64. The number of hydrogen-bond donors (Lipinski definition) is 3. The summed E-state index contributed by atoms with van der Waals surface area (Å²) in [7, 11) is 0. The number of pyridine rings is 1. The third-order valence-electron chi connectivity index (χ3n) is 4.82. The number of ether oxygens (including phenoxy) is 1. The highest BCUT2D eigenvalue weighted by molar-refractivity contribution is 5.68. The highest BCUT2D eigenvalue weighted by Gasteiger charge is 2.58. The van der Waals surface area contributed by atoms with Crippen molar-refractivity contribution < 1.29 is 45.7 Å². The summed E-state index contributed by atoms with van der Waals surface area (Å²) in [5.41, 5.74) is -0.361. The number of aliphatic hydroxyl groups excluding tert-OH is 1. The number of anilines is 1. The molecule has 2 atom stereocenters. The smallest absolute Gasteiger partial charge is 0.426 e. The number of rotatable bonds is 1. The second-order valence-electron chi connectivity index (χ2n) is 7.07. The summed E-state index contributed by atoms with van der Waals surface area (Å²) >= 11 is 0. The Labute approximate surface area is 171 Å². The molecule has 14 heteroatoms. The molecular formula is C17H18F6N4O4. The first kappa shape index (κ1) is 23.1. The second-order valence-corrected chi connectivity index (χ2v) is 7.07. The van der Waals surface area contributed by atoms with Gasteiger partial charge in [0.25, 0.3) is 11.8 Å². The first-order valence-corrected chi connectivity index (χ1v) is 9.15. The standard InChI is InChI=1S/C17H18F6N4O4/c18-16(19,20)9-6-10(24)11-13-26-27-14(31-13)15(29,17(21,22)23)5-3-1-2-4-8(7-28)30-12(9)25-11/h6,8,28-29H,1-5,7,24H2/t8-,15-/m1/s1. The molecular weight excluding hydrogens is 438 g/mol. The first-order chi connectivity index (χ1) is 14.4. The Bertz CT molecular complexity index is 932. The molecule has 1 aliphatic heterocycles. The Morgan fingerprint density at radius 3 is 2.45 bits per heavy atom. The molecule has 0 aliphatic carbocycles. The quantitative estimate of drug-likeness (QED) is 0.559. The van der Waals surface area contributed by atoms with Gasteiger partial charge >= 0.3 is 12.4 Å². The molecule has 0 saturated heterocycles. The molecule has 4 N–H and O–H groups in total. The van der Waals surface area contributed by atoms with Gasteiger partial charge in [0.1, 0.15) is 11.7 Å². The van der Waals surface area contributed by atoms with Crippen molar-refractivity contribution in [2.75, 3.05) is 12.3 Å². The maximum absolute atomic E-state index is 13.6. The Kier molecular flexibility index (Phi) is 6.06. The van der Waals surface area contributed by atoms with Crippen molar-refractivity contribution in [2.24, 2.45) is 0 Å². The fourth-order valence-corrected chi connectivity index (χ4v) is 3.11. The van der Waals surface area contributed by atoms with Crippen LogP contribution in [0.4, 0.5) is 32.0 Å². The molecule has 0 unspecified atom stereocenters. The number of alkyl halides is 6. The van der Waals surface area contributed by atoms with Gasteiger partial charge in [0.05, 0.1) is 12.3 Å². The highest BCUT2D eigenvalue weighted by Crippen LogP contribution is 2.44. The average molecular weight is 456 g/mol. The number of nitrogen functional groups attached to an aromatic ring is 1. The number of aliphatic hydroxyl groups is 2. The number of aromatic nitrogens is 3. The van der Waals surface area contributed by atoms with Crippen LogP contribution in [-0.4, -0.2) is 44.3 Å². The Hall–Kier alpha value is -2.61. The maximum Gasteiger partial charge on any atom is 0.426 e. The largest absolute Gasteiger partial charge is 0.471 e. The number of halogens is 6. The zero-order valence-corrected chi connectivity index (χ0v) is 15.8. The summed E-state index contributed by atoms with van der Waals surface area (Å²) < 4.78 is 91.2. The van der Waals surface area contributed by atoms with E-state index in [-0.39, 0.29) is 25.7 Å². The van der Waals surface area contributed by atoms with Gasteiger partial charge in [-0.3, -0.25) is 0 Å². The van der Waals surface area contributed by atoms with Gasteiger partial charge in [-0.25, -0.2) is 4.98 Å². The van der Waals surface area contributed by atoms with Crippen LogP contribution in [0.5, 0.6) is 5.88 Å². The number of fused-ring (bicyclic) bond motifs is 5. The second kappa shape index (κ2) is 8.15. The molecule has 0 aromatic carbocycles. The van der Waals surface area contributed by atoms with E-state index in [0.29, 0.717) is 6.07 Å². The average Bonchev–Trinajstić information content (AvgIpc) is 3.15. The van der Waals surface area contributed by atoms with Gasteiger partial charge < -0.3 is 25.1 Å². The molecule has 8 nitrogen and oxygen atoms in total. The predicted octanol–water partition coefficient (Wildman–Crippen LogP) is 3.19. The summed E-state index contributed by atoms with van der Waals surface area (Å²) in [5, 5.41) is 26.4. The molecule has 0 amide bonds. The van der Waals surface area contributed by atoms with E-state index in [1.165, 1.54) is 0 Å². The van der Waals surface area contributed by atoms with Crippen LogP contribution in [0.15, 0.2) is 10.5 Å². The van der Waals surface area contributed by atoms with Crippen molar-refractivity contribution >= 4 is 5.69 Å². The lowest BCUT2D eigenvalue weighted by Gasteiger charge is -2.27.